The molecule has 0 atom stereocenters. The highest BCUT2D eigenvalue weighted by Gasteiger charge is 2.55. The van der Waals surface area contributed by atoms with Gasteiger partial charge in [-0.2, -0.15) is 0 Å². The van der Waals surface area contributed by atoms with Gasteiger partial charge in [-0.3, -0.25) is 14.4 Å². The first kappa shape index (κ1) is 16.3. The van der Waals surface area contributed by atoms with Gasteiger partial charge >= 0.3 is 0 Å². The number of carbonyl (C=O) groups is 2. The molecule has 0 bridgehead atoms. The van der Waals surface area contributed by atoms with E-state index in [1.54, 1.807) is 4.90 Å². The van der Waals surface area contributed by atoms with Crippen LogP contribution in [0.1, 0.15) is 29.6 Å². The molecule has 0 aromatic carbocycles. The van der Waals surface area contributed by atoms with Gasteiger partial charge in [-0.1, -0.05) is 0 Å². The third-order valence-electron chi connectivity index (χ3n) is 5.36. The molecule has 1 aromatic rings. The van der Waals surface area contributed by atoms with E-state index in [1.165, 1.54) is 23.4 Å². The summed E-state index contributed by atoms with van der Waals surface area (Å²) in [6, 6.07) is 1.31. The average molecular weight is 349 g/mol. The summed E-state index contributed by atoms with van der Waals surface area (Å²) in [7, 11) is 0. The first-order chi connectivity index (χ1) is 11.9. The molecule has 134 valence electrons. The molecule has 3 heterocycles. The number of nitrogens with one attached hydrogen (secondary N) is 1. The van der Waals surface area contributed by atoms with Crippen LogP contribution in [0.2, 0.25) is 0 Å². The maximum atomic E-state index is 14.3. The molecule has 1 aromatic heterocycles. The number of rotatable bonds is 2. The van der Waals surface area contributed by atoms with Crippen molar-refractivity contribution in [3.05, 3.63) is 34.2 Å². The second-order valence-electron chi connectivity index (χ2n) is 7.16. The lowest BCUT2D eigenvalue weighted by molar-refractivity contribution is -0.197. The third kappa shape index (κ3) is 2.64. The molecule has 1 N–H and O–H groups in total. The second kappa shape index (κ2) is 5.66. The molecule has 2 amide bonds. The van der Waals surface area contributed by atoms with Crippen molar-refractivity contribution in [1.82, 2.24) is 14.8 Å². The summed E-state index contributed by atoms with van der Waals surface area (Å²) in [5.41, 5.74) is -2.60. The number of carbonyl (C=O) groups excluding carboxylic acids is 2. The Morgan fingerprint density at radius 2 is 1.92 bits per heavy atom. The number of ether oxygens (including phenoxy) is 1. The van der Waals surface area contributed by atoms with E-state index in [-0.39, 0.29) is 42.8 Å². The van der Waals surface area contributed by atoms with E-state index in [0.29, 0.717) is 19.7 Å². The van der Waals surface area contributed by atoms with Crippen molar-refractivity contribution in [3.8, 4) is 0 Å². The molecule has 3 aliphatic rings. The van der Waals surface area contributed by atoms with Crippen molar-refractivity contribution in [2.75, 3.05) is 32.8 Å². The highest BCUT2D eigenvalue weighted by Crippen LogP contribution is 2.40. The lowest BCUT2D eigenvalue weighted by Crippen LogP contribution is -2.73. The standard InChI is InChI=1S/C17H20FN3O4/c18-17(3-1-4-17)15(24)21-10-16(11-21)9-20(6-7-25-16)14(23)12-8-19-5-2-13(12)22/h2,5,8H,1,3-4,6-7,9-11H2,(H,19,22). The molecule has 7 nitrogen and oxygen atoms in total. The first-order valence-electron chi connectivity index (χ1n) is 8.51. The zero-order valence-corrected chi connectivity index (χ0v) is 13.8. The molecule has 4 rings (SSSR count). The Bertz CT molecular complexity index is 767. The summed E-state index contributed by atoms with van der Waals surface area (Å²) in [6.45, 7) is 1.58. The minimum absolute atomic E-state index is 0.0870. The molecule has 3 fully saturated rings. The molecule has 0 radical (unpaired) electrons. The SMILES string of the molecule is O=C(c1c[nH]ccc1=O)N1CCOC2(C1)CN(C(=O)C1(F)CCC1)C2. The quantitative estimate of drug-likeness (QED) is 0.834. The predicted molar refractivity (Wildman–Crippen MR) is 85.9 cm³/mol. The monoisotopic (exact) mass is 349 g/mol. The third-order valence-corrected chi connectivity index (χ3v) is 5.36. The summed E-state index contributed by atoms with van der Waals surface area (Å²) < 4.78 is 20.1. The van der Waals surface area contributed by atoms with Crippen molar-refractivity contribution >= 4 is 11.8 Å². The maximum Gasteiger partial charge on any atom is 0.260 e. The minimum atomic E-state index is -1.71. The summed E-state index contributed by atoms with van der Waals surface area (Å²) in [6.07, 6.45) is 4.19. The van der Waals surface area contributed by atoms with Crippen LogP contribution in [0.5, 0.6) is 0 Å². The number of aromatic amines is 1. The number of alkyl halides is 1. The highest BCUT2D eigenvalue weighted by molar-refractivity contribution is 5.94. The number of nitrogens with zero attached hydrogens (tertiary/aromatic N) is 2. The van der Waals surface area contributed by atoms with Crippen molar-refractivity contribution in [2.45, 2.75) is 30.5 Å². The Hall–Kier alpha value is -2.22. The number of likely N-dealkylation sites (tertiary alicyclic amines) is 1. The van der Waals surface area contributed by atoms with Gasteiger partial charge in [0.25, 0.3) is 11.8 Å². The largest absolute Gasteiger partial charge is 0.368 e. The molecule has 25 heavy (non-hydrogen) atoms. The van der Waals surface area contributed by atoms with E-state index >= 15 is 0 Å². The van der Waals surface area contributed by atoms with Crippen molar-refractivity contribution in [3.63, 3.8) is 0 Å². The zero-order chi connectivity index (χ0) is 17.7. The van der Waals surface area contributed by atoms with Crippen molar-refractivity contribution in [1.29, 1.82) is 0 Å². The van der Waals surface area contributed by atoms with Crippen molar-refractivity contribution in [2.24, 2.45) is 0 Å². The van der Waals surface area contributed by atoms with Gasteiger partial charge in [0.05, 0.1) is 26.2 Å². The Morgan fingerprint density at radius 3 is 2.56 bits per heavy atom. The first-order valence-corrected chi connectivity index (χ1v) is 8.51. The molecular weight excluding hydrogens is 329 g/mol. The van der Waals surface area contributed by atoms with Crippen LogP contribution in [0, 0.1) is 0 Å². The van der Waals surface area contributed by atoms with Gasteiger partial charge in [-0.25, -0.2) is 4.39 Å². The average Bonchev–Trinajstić information content (AvgIpc) is 2.57. The van der Waals surface area contributed by atoms with Crippen LogP contribution in [0.3, 0.4) is 0 Å². The van der Waals surface area contributed by atoms with Crippen molar-refractivity contribution < 1.29 is 18.7 Å². The van der Waals surface area contributed by atoms with E-state index in [1.807, 2.05) is 0 Å². The molecule has 0 unspecified atom stereocenters. The van der Waals surface area contributed by atoms with Crippen LogP contribution in [0.15, 0.2) is 23.3 Å². The lowest BCUT2D eigenvalue weighted by Gasteiger charge is -2.55. The van der Waals surface area contributed by atoms with E-state index < -0.39 is 17.2 Å². The van der Waals surface area contributed by atoms with Crippen LogP contribution >= 0.6 is 0 Å². The molecule has 2 aliphatic heterocycles. The van der Waals surface area contributed by atoms with Crippen LogP contribution in [-0.2, 0) is 9.53 Å². The van der Waals surface area contributed by atoms with Crippen LogP contribution in [0.25, 0.3) is 0 Å². The molecule has 1 spiro atoms. The van der Waals surface area contributed by atoms with Crippen LogP contribution in [0.4, 0.5) is 4.39 Å². The van der Waals surface area contributed by atoms with Gasteiger partial charge in [0, 0.05) is 25.0 Å². The Kier molecular flexibility index (Phi) is 3.68. The fourth-order valence-electron chi connectivity index (χ4n) is 3.74. The fourth-order valence-corrected chi connectivity index (χ4v) is 3.74. The van der Waals surface area contributed by atoms with Gasteiger partial charge in [-0.15, -0.1) is 0 Å². The van der Waals surface area contributed by atoms with Gasteiger partial charge < -0.3 is 19.5 Å². The van der Waals surface area contributed by atoms with Crippen LogP contribution in [-0.4, -0.2) is 70.7 Å². The van der Waals surface area contributed by atoms with E-state index in [4.69, 9.17) is 4.74 Å². The minimum Gasteiger partial charge on any atom is -0.368 e. The highest BCUT2D eigenvalue weighted by atomic mass is 19.1. The van der Waals surface area contributed by atoms with E-state index in [0.717, 1.165) is 6.42 Å². The topological polar surface area (TPSA) is 82.7 Å². The number of amides is 2. The number of hydrogen-bond acceptors (Lipinski definition) is 4. The number of hydrogen-bond donors (Lipinski definition) is 1. The van der Waals surface area contributed by atoms with Gasteiger partial charge in [0.15, 0.2) is 11.1 Å². The molecule has 2 saturated heterocycles. The van der Waals surface area contributed by atoms with Gasteiger partial charge in [-0.05, 0) is 19.3 Å². The smallest absolute Gasteiger partial charge is 0.260 e. The van der Waals surface area contributed by atoms with Gasteiger partial charge in [0.1, 0.15) is 11.2 Å². The summed E-state index contributed by atoms with van der Waals surface area (Å²) in [5.74, 6) is -0.814. The lowest BCUT2D eigenvalue weighted by atomic mass is 9.79. The molecule has 1 aliphatic carbocycles. The molecule has 1 saturated carbocycles. The number of halogens is 1. The van der Waals surface area contributed by atoms with E-state index in [9.17, 15) is 18.8 Å². The summed E-state index contributed by atoms with van der Waals surface area (Å²) in [4.78, 5) is 42.4. The van der Waals surface area contributed by atoms with Gasteiger partial charge in [0.2, 0.25) is 0 Å². The fraction of sp³-hybridized carbons (Fsp3) is 0.588. The molecule has 8 heteroatoms. The normalized spacial score (nSPS) is 23.7. The Morgan fingerprint density at radius 1 is 1.20 bits per heavy atom. The number of pyridine rings is 1. The van der Waals surface area contributed by atoms with Crippen LogP contribution < -0.4 is 5.43 Å². The predicted octanol–water partition coefficient (Wildman–Crippen LogP) is 0.320. The molecular formula is C17H20FN3O4. The van der Waals surface area contributed by atoms with E-state index in [2.05, 4.69) is 4.98 Å². The summed E-state index contributed by atoms with van der Waals surface area (Å²) >= 11 is 0. The Balaban J connectivity index is 1.42. The number of morpholine rings is 1. The zero-order valence-electron chi connectivity index (χ0n) is 13.8. The number of aromatic nitrogens is 1. The summed E-state index contributed by atoms with van der Waals surface area (Å²) in [5, 5.41) is 0. The second-order valence-corrected chi connectivity index (χ2v) is 7.16. The Labute approximate surface area is 143 Å². The maximum absolute atomic E-state index is 14.3. The number of H-pyrrole nitrogens is 1.